The number of nitrogen functional groups attached to an aromatic ring is 1. The number of nitrogens with zero attached hydrogens (tertiary/aromatic N) is 1. The molecule has 2 rings (SSSR count). The molecule has 1 aromatic heterocycles. The summed E-state index contributed by atoms with van der Waals surface area (Å²) in [4.78, 5) is 15.6. The van der Waals surface area contributed by atoms with Gasteiger partial charge in [0.05, 0.1) is 16.3 Å². The Kier molecular flexibility index (Phi) is 3.62. The lowest BCUT2D eigenvalue weighted by Crippen LogP contribution is -2.15. The van der Waals surface area contributed by atoms with Gasteiger partial charge >= 0.3 is 0 Å². The number of aromatic nitrogens is 1. The van der Waals surface area contributed by atoms with Gasteiger partial charge in [-0.05, 0) is 18.2 Å². The lowest BCUT2D eigenvalue weighted by Gasteiger charge is -2.10. The van der Waals surface area contributed by atoms with Gasteiger partial charge in [0, 0.05) is 12.4 Å². The third-order valence-electron chi connectivity index (χ3n) is 2.38. The first-order valence-electron chi connectivity index (χ1n) is 5.15. The molecule has 1 aromatic carbocycles. The lowest BCUT2D eigenvalue weighted by atomic mass is 10.2. The molecule has 19 heavy (non-hydrogen) atoms. The summed E-state index contributed by atoms with van der Waals surface area (Å²) in [5.74, 6) is -3.03. The van der Waals surface area contributed by atoms with Crippen LogP contribution in [0.15, 0.2) is 30.6 Å². The number of carbonyl (C=O) groups excluding carboxylic acids is 1. The van der Waals surface area contributed by atoms with E-state index < -0.39 is 23.2 Å². The molecule has 0 fully saturated rings. The van der Waals surface area contributed by atoms with Crippen molar-refractivity contribution in [1.82, 2.24) is 4.98 Å². The van der Waals surface area contributed by atoms with Crippen molar-refractivity contribution in [2.75, 3.05) is 11.1 Å². The largest absolute Gasteiger partial charge is 0.397 e. The quantitative estimate of drug-likeness (QED) is 0.833. The standard InChI is InChI=1S/C12H8ClF2N3O/c13-7-5-17-4-3-6(7)12(19)18-11-9(16)2-1-8(14)10(11)15/h1-5H,16H2,(H,18,19). The second-order valence-electron chi connectivity index (χ2n) is 3.64. The Bertz CT molecular complexity index is 649. The first-order valence-corrected chi connectivity index (χ1v) is 5.53. The van der Waals surface area contributed by atoms with E-state index in [0.717, 1.165) is 12.1 Å². The van der Waals surface area contributed by atoms with Crippen molar-refractivity contribution in [2.45, 2.75) is 0 Å². The summed E-state index contributed by atoms with van der Waals surface area (Å²) in [5.41, 5.74) is 5.07. The Hall–Kier alpha value is -2.21. The highest BCUT2D eigenvalue weighted by Crippen LogP contribution is 2.25. The lowest BCUT2D eigenvalue weighted by molar-refractivity contribution is 0.102. The van der Waals surface area contributed by atoms with Crippen LogP contribution in [0.3, 0.4) is 0 Å². The predicted octanol–water partition coefficient (Wildman–Crippen LogP) is 2.85. The highest BCUT2D eigenvalue weighted by Gasteiger charge is 2.17. The molecule has 1 amide bonds. The first kappa shape index (κ1) is 13.2. The van der Waals surface area contributed by atoms with E-state index in [1.807, 2.05) is 0 Å². The number of benzene rings is 1. The summed E-state index contributed by atoms with van der Waals surface area (Å²) >= 11 is 5.77. The molecule has 0 unspecified atom stereocenters. The van der Waals surface area contributed by atoms with Gasteiger partial charge in [-0.3, -0.25) is 9.78 Å². The van der Waals surface area contributed by atoms with E-state index in [1.54, 1.807) is 0 Å². The van der Waals surface area contributed by atoms with E-state index >= 15 is 0 Å². The van der Waals surface area contributed by atoms with Crippen molar-refractivity contribution < 1.29 is 13.6 Å². The van der Waals surface area contributed by atoms with E-state index in [-0.39, 0.29) is 16.3 Å². The zero-order chi connectivity index (χ0) is 14.0. The molecule has 3 N–H and O–H groups in total. The van der Waals surface area contributed by atoms with Crippen molar-refractivity contribution in [3.05, 3.63) is 52.8 Å². The van der Waals surface area contributed by atoms with E-state index in [0.29, 0.717) is 0 Å². The first-order chi connectivity index (χ1) is 9.00. The average molecular weight is 284 g/mol. The normalized spacial score (nSPS) is 10.3. The van der Waals surface area contributed by atoms with Crippen molar-refractivity contribution in [3.63, 3.8) is 0 Å². The zero-order valence-corrected chi connectivity index (χ0v) is 10.2. The van der Waals surface area contributed by atoms with E-state index in [9.17, 15) is 13.6 Å². The Labute approximate surface area is 112 Å². The number of rotatable bonds is 2. The zero-order valence-electron chi connectivity index (χ0n) is 9.45. The number of hydrogen-bond acceptors (Lipinski definition) is 3. The van der Waals surface area contributed by atoms with Crippen LogP contribution in [0.1, 0.15) is 10.4 Å². The van der Waals surface area contributed by atoms with Crippen molar-refractivity contribution in [1.29, 1.82) is 0 Å². The molecule has 0 saturated heterocycles. The third kappa shape index (κ3) is 2.63. The van der Waals surface area contributed by atoms with Crippen molar-refractivity contribution in [3.8, 4) is 0 Å². The summed E-state index contributed by atoms with van der Waals surface area (Å²) in [6, 6.07) is 3.38. The van der Waals surface area contributed by atoms with Crippen LogP contribution in [0.2, 0.25) is 5.02 Å². The van der Waals surface area contributed by atoms with E-state index in [4.69, 9.17) is 17.3 Å². The van der Waals surface area contributed by atoms with Gasteiger partial charge in [-0.1, -0.05) is 11.6 Å². The number of halogens is 3. The van der Waals surface area contributed by atoms with Crippen LogP contribution in [0.25, 0.3) is 0 Å². The molecule has 0 radical (unpaired) electrons. The Morgan fingerprint density at radius 1 is 1.32 bits per heavy atom. The van der Waals surface area contributed by atoms with Gasteiger partial charge in [0.25, 0.3) is 5.91 Å². The molecule has 1 heterocycles. The Morgan fingerprint density at radius 2 is 2.05 bits per heavy atom. The number of nitrogens with one attached hydrogen (secondary N) is 1. The van der Waals surface area contributed by atoms with Gasteiger partial charge in [-0.25, -0.2) is 8.78 Å². The minimum Gasteiger partial charge on any atom is -0.397 e. The van der Waals surface area contributed by atoms with Crippen LogP contribution in [0.4, 0.5) is 20.2 Å². The maximum atomic E-state index is 13.5. The van der Waals surface area contributed by atoms with Crippen molar-refractivity contribution >= 4 is 28.9 Å². The molecule has 0 aliphatic carbocycles. The van der Waals surface area contributed by atoms with Gasteiger partial charge in [-0.15, -0.1) is 0 Å². The van der Waals surface area contributed by atoms with Crippen LogP contribution in [0.5, 0.6) is 0 Å². The fraction of sp³-hybridized carbons (Fsp3) is 0. The van der Waals surface area contributed by atoms with Gasteiger partial charge in [0.2, 0.25) is 0 Å². The molecule has 7 heteroatoms. The summed E-state index contributed by atoms with van der Waals surface area (Å²) in [6.45, 7) is 0. The number of amides is 1. The molecule has 0 aliphatic rings. The number of nitrogens with two attached hydrogens (primary N) is 1. The minimum atomic E-state index is -1.22. The summed E-state index contributed by atoms with van der Waals surface area (Å²) in [7, 11) is 0. The van der Waals surface area contributed by atoms with Crippen LogP contribution in [-0.4, -0.2) is 10.9 Å². The second kappa shape index (κ2) is 5.19. The van der Waals surface area contributed by atoms with Gasteiger partial charge in [0.15, 0.2) is 11.6 Å². The molecule has 2 aromatic rings. The molecule has 0 aliphatic heterocycles. The van der Waals surface area contributed by atoms with Crippen LogP contribution < -0.4 is 11.1 Å². The molecular formula is C12H8ClF2N3O. The Balaban J connectivity index is 2.35. The molecule has 98 valence electrons. The van der Waals surface area contributed by atoms with Crippen LogP contribution >= 0.6 is 11.6 Å². The molecule has 4 nitrogen and oxygen atoms in total. The maximum absolute atomic E-state index is 13.5. The van der Waals surface area contributed by atoms with Gasteiger partial charge in [0.1, 0.15) is 5.69 Å². The fourth-order valence-electron chi connectivity index (χ4n) is 1.43. The topological polar surface area (TPSA) is 68.0 Å². The monoisotopic (exact) mass is 283 g/mol. The fourth-order valence-corrected chi connectivity index (χ4v) is 1.64. The second-order valence-corrected chi connectivity index (χ2v) is 4.04. The molecule has 0 bridgehead atoms. The number of carbonyl (C=O) groups is 1. The van der Waals surface area contributed by atoms with Crippen LogP contribution in [-0.2, 0) is 0 Å². The number of anilines is 2. The maximum Gasteiger partial charge on any atom is 0.257 e. The third-order valence-corrected chi connectivity index (χ3v) is 2.68. The van der Waals surface area contributed by atoms with Crippen LogP contribution in [0, 0.1) is 11.6 Å². The minimum absolute atomic E-state index is 0.0831. The smallest absolute Gasteiger partial charge is 0.257 e. The van der Waals surface area contributed by atoms with Crippen molar-refractivity contribution in [2.24, 2.45) is 0 Å². The summed E-state index contributed by atoms with van der Waals surface area (Å²) < 4.78 is 26.6. The molecule has 0 saturated carbocycles. The predicted molar refractivity (Wildman–Crippen MR) is 68.0 cm³/mol. The number of pyridine rings is 1. The van der Waals surface area contributed by atoms with E-state index in [2.05, 4.69) is 10.3 Å². The van der Waals surface area contributed by atoms with Gasteiger partial charge in [-0.2, -0.15) is 0 Å². The van der Waals surface area contributed by atoms with E-state index in [1.165, 1.54) is 18.5 Å². The van der Waals surface area contributed by atoms with Gasteiger partial charge < -0.3 is 11.1 Å². The summed E-state index contributed by atoms with van der Waals surface area (Å²) in [6.07, 6.45) is 2.62. The highest BCUT2D eigenvalue weighted by atomic mass is 35.5. The summed E-state index contributed by atoms with van der Waals surface area (Å²) in [5, 5.41) is 2.28. The average Bonchev–Trinajstić information content (AvgIpc) is 2.39. The molecule has 0 atom stereocenters. The molecule has 0 spiro atoms. The number of hydrogen-bond donors (Lipinski definition) is 2. The SMILES string of the molecule is Nc1ccc(F)c(F)c1NC(=O)c1ccncc1Cl. The Morgan fingerprint density at radius 3 is 2.74 bits per heavy atom. The highest BCUT2D eigenvalue weighted by molar-refractivity contribution is 6.34. The molecular weight excluding hydrogens is 276 g/mol.